The van der Waals surface area contributed by atoms with Crippen molar-refractivity contribution < 1.29 is 28.6 Å². The molecule has 0 unspecified atom stereocenters. The summed E-state index contributed by atoms with van der Waals surface area (Å²) in [5, 5.41) is 2.75. The van der Waals surface area contributed by atoms with E-state index in [4.69, 9.17) is 14.2 Å². The Morgan fingerprint density at radius 3 is 2.17 bits per heavy atom. The fourth-order valence-corrected chi connectivity index (χ4v) is 2.46. The summed E-state index contributed by atoms with van der Waals surface area (Å²) in [6.07, 6.45) is 0.00774. The molecule has 0 saturated heterocycles. The molecular weight excluding hydrogens is 374 g/mol. The number of carbonyl (C=O) groups excluding carboxylic acids is 3. The van der Waals surface area contributed by atoms with E-state index in [2.05, 4.69) is 5.32 Å². The maximum atomic E-state index is 12.2. The maximum absolute atomic E-state index is 12.2. The highest BCUT2D eigenvalue weighted by atomic mass is 16.5. The maximum Gasteiger partial charge on any atom is 0.310 e. The molecule has 0 aromatic heterocycles. The van der Waals surface area contributed by atoms with E-state index in [0.29, 0.717) is 28.3 Å². The van der Waals surface area contributed by atoms with E-state index in [1.807, 2.05) is 0 Å². The molecule has 0 saturated carbocycles. The van der Waals surface area contributed by atoms with Gasteiger partial charge in [-0.2, -0.15) is 0 Å². The Balaban J connectivity index is 1.88. The van der Waals surface area contributed by atoms with E-state index in [1.165, 1.54) is 14.2 Å². The van der Waals surface area contributed by atoms with Crippen LogP contribution in [0.2, 0.25) is 0 Å². The van der Waals surface area contributed by atoms with Gasteiger partial charge in [0.25, 0.3) is 0 Å². The molecule has 0 fully saturated rings. The van der Waals surface area contributed by atoms with Crippen molar-refractivity contribution in [2.45, 2.75) is 20.3 Å². The molecule has 29 heavy (non-hydrogen) atoms. The molecule has 0 atom stereocenters. The standard InChI is InChI=1S/C22H25NO6/c1-14(2)22(26)23-17-8-6-16(7-9-17)18(24)13-29-21(25)12-15-5-10-19(27-3)20(11-15)28-4/h5-11,14H,12-13H2,1-4H3,(H,23,26). The largest absolute Gasteiger partial charge is 0.493 e. The van der Waals surface area contributed by atoms with Crippen molar-refractivity contribution in [2.75, 3.05) is 26.1 Å². The summed E-state index contributed by atoms with van der Waals surface area (Å²) in [5.41, 5.74) is 1.68. The highest BCUT2D eigenvalue weighted by Gasteiger charge is 2.13. The van der Waals surface area contributed by atoms with Gasteiger partial charge in [-0.05, 0) is 42.0 Å². The molecule has 7 heteroatoms. The van der Waals surface area contributed by atoms with Gasteiger partial charge in [-0.25, -0.2) is 0 Å². The van der Waals surface area contributed by atoms with Gasteiger partial charge in [-0.1, -0.05) is 19.9 Å². The van der Waals surface area contributed by atoms with Crippen molar-refractivity contribution in [3.05, 3.63) is 53.6 Å². The molecule has 0 bridgehead atoms. The van der Waals surface area contributed by atoms with Gasteiger partial charge in [0.1, 0.15) is 0 Å². The van der Waals surface area contributed by atoms with E-state index >= 15 is 0 Å². The summed E-state index contributed by atoms with van der Waals surface area (Å²) in [4.78, 5) is 36.0. The van der Waals surface area contributed by atoms with Gasteiger partial charge >= 0.3 is 5.97 Å². The number of rotatable bonds is 9. The van der Waals surface area contributed by atoms with Crippen molar-refractivity contribution in [1.29, 1.82) is 0 Å². The van der Waals surface area contributed by atoms with Crippen molar-refractivity contribution in [3.8, 4) is 11.5 Å². The summed E-state index contributed by atoms with van der Waals surface area (Å²) in [5.74, 6) is -0.0142. The molecule has 0 spiro atoms. The number of nitrogens with one attached hydrogen (secondary N) is 1. The third-order valence-corrected chi connectivity index (χ3v) is 4.16. The summed E-state index contributed by atoms with van der Waals surface area (Å²) in [6, 6.07) is 11.6. The number of ether oxygens (including phenoxy) is 3. The minimum Gasteiger partial charge on any atom is -0.493 e. The number of hydrogen-bond donors (Lipinski definition) is 1. The van der Waals surface area contributed by atoms with Crippen molar-refractivity contribution in [3.63, 3.8) is 0 Å². The van der Waals surface area contributed by atoms with Crippen LogP contribution >= 0.6 is 0 Å². The lowest BCUT2D eigenvalue weighted by Gasteiger charge is -2.10. The average molecular weight is 399 g/mol. The fraction of sp³-hybridized carbons (Fsp3) is 0.318. The Hall–Kier alpha value is -3.35. The molecule has 0 aliphatic heterocycles. The topological polar surface area (TPSA) is 90.9 Å². The van der Waals surface area contributed by atoms with Gasteiger partial charge in [0.05, 0.1) is 20.6 Å². The molecule has 0 radical (unpaired) electrons. The van der Waals surface area contributed by atoms with Crippen LogP contribution in [-0.2, 0) is 20.7 Å². The van der Waals surface area contributed by atoms with Gasteiger partial charge < -0.3 is 19.5 Å². The molecule has 0 heterocycles. The van der Waals surface area contributed by atoms with E-state index in [1.54, 1.807) is 56.3 Å². The first kappa shape index (κ1) is 21.9. The van der Waals surface area contributed by atoms with Gasteiger partial charge in [0.15, 0.2) is 23.9 Å². The van der Waals surface area contributed by atoms with Crippen molar-refractivity contribution >= 4 is 23.3 Å². The SMILES string of the molecule is COc1ccc(CC(=O)OCC(=O)c2ccc(NC(=O)C(C)C)cc2)cc1OC. The highest BCUT2D eigenvalue weighted by Crippen LogP contribution is 2.27. The number of carbonyl (C=O) groups is 3. The Morgan fingerprint density at radius 2 is 1.59 bits per heavy atom. The molecule has 7 nitrogen and oxygen atoms in total. The third kappa shape index (κ3) is 6.34. The Morgan fingerprint density at radius 1 is 0.931 bits per heavy atom. The van der Waals surface area contributed by atoms with Gasteiger partial charge in [-0.3, -0.25) is 14.4 Å². The Labute approximate surface area is 170 Å². The van der Waals surface area contributed by atoms with Crippen LogP contribution in [0.5, 0.6) is 11.5 Å². The van der Waals surface area contributed by atoms with Gasteiger partial charge in [0, 0.05) is 17.2 Å². The van der Waals surface area contributed by atoms with E-state index < -0.39 is 5.97 Å². The van der Waals surface area contributed by atoms with Crippen LogP contribution in [0.3, 0.4) is 0 Å². The number of amides is 1. The van der Waals surface area contributed by atoms with E-state index in [9.17, 15) is 14.4 Å². The number of anilines is 1. The lowest BCUT2D eigenvalue weighted by Crippen LogP contribution is -2.18. The summed E-state index contributed by atoms with van der Waals surface area (Å²) in [7, 11) is 3.04. The summed E-state index contributed by atoms with van der Waals surface area (Å²) in [6.45, 7) is 3.23. The molecule has 0 aliphatic rings. The van der Waals surface area contributed by atoms with Crippen molar-refractivity contribution in [1.82, 2.24) is 0 Å². The normalized spacial score (nSPS) is 10.4. The van der Waals surface area contributed by atoms with Gasteiger partial charge in [0.2, 0.25) is 5.91 Å². The first-order chi connectivity index (χ1) is 13.8. The van der Waals surface area contributed by atoms with Crippen LogP contribution in [0, 0.1) is 5.92 Å². The monoisotopic (exact) mass is 399 g/mol. The van der Waals surface area contributed by atoms with E-state index in [-0.39, 0.29) is 30.6 Å². The van der Waals surface area contributed by atoms with Crippen LogP contribution in [-0.4, -0.2) is 38.5 Å². The second-order valence-corrected chi connectivity index (χ2v) is 6.67. The quantitative estimate of drug-likeness (QED) is 0.514. The second-order valence-electron chi connectivity index (χ2n) is 6.67. The number of esters is 1. The predicted octanol–water partition coefficient (Wildman–Crippen LogP) is 3.27. The number of benzene rings is 2. The van der Waals surface area contributed by atoms with Crippen LogP contribution in [0.4, 0.5) is 5.69 Å². The van der Waals surface area contributed by atoms with Gasteiger partial charge in [-0.15, -0.1) is 0 Å². The fourth-order valence-electron chi connectivity index (χ4n) is 2.46. The lowest BCUT2D eigenvalue weighted by atomic mass is 10.1. The molecular formula is C22H25NO6. The molecule has 2 aromatic rings. The number of hydrogen-bond acceptors (Lipinski definition) is 6. The van der Waals surface area contributed by atoms with Crippen molar-refractivity contribution in [2.24, 2.45) is 5.92 Å². The van der Waals surface area contributed by atoms with Crippen LogP contribution in [0.15, 0.2) is 42.5 Å². The summed E-state index contributed by atoms with van der Waals surface area (Å²) >= 11 is 0. The Bertz CT molecular complexity index is 873. The molecule has 2 aromatic carbocycles. The number of ketones is 1. The zero-order chi connectivity index (χ0) is 21.4. The average Bonchev–Trinajstić information content (AvgIpc) is 2.72. The van der Waals surface area contributed by atoms with Crippen LogP contribution < -0.4 is 14.8 Å². The minimum absolute atomic E-state index is 0.00774. The first-order valence-corrected chi connectivity index (χ1v) is 9.14. The third-order valence-electron chi connectivity index (χ3n) is 4.16. The predicted molar refractivity (Wildman–Crippen MR) is 108 cm³/mol. The number of Topliss-reactive ketones (excluding diaryl/α,β-unsaturated/α-hetero) is 1. The Kier molecular flexibility index (Phi) is 7.77. The molecule has 2 rings (SSSR count). The van der Waals surface area contributed by atoms with E-state index in [0.717, 1.165) is 0 Å². The molecule has 1 N–H and O–H groups in total. The molecule has 0 aliphatic carbocycles. The zero-order valence-corrected chi connectivity index (χ0v) is 17.0. The van der Waals surface area contributed by atoms with Crippen LogP contribution in [0.25, 0.3) is 0 Å². The zero-order valence-electron chi connectivity index (χ0n) is 17.0. The first-order valence-electron chi connectivity index (χ1n) is 9.14. The molecule has 1 amide bonds. The summed E-state index contributed by atoms with van der Waals surface area (Å²) < 4.78 is 15.4. The minimum atomic E-state index is -0.522. The molecule has 154 valence electrons. The lowest BCUT2D eigenvalue weighted by molar-refractivity contribution is -0.141. The smallest absolute Gasteiger partial charge is 0.310 e. The number of methoxy groups -OCH3 is 2. The van der Waals surface area contributed by atoms with Crippen LogP contribution in [0.1, 0.15) is 29.8 Å². The second kappa shape index (κ2) is 10.3. The highest BCUT2D eigenvalue weighted by molar-refractivity contribution is 5.99.